The maximum atomic E-state index is 6.24. The number of hydrogen-bond acceptors (Lipinski definition) is 1. The predicted octanol–water partition coefficient (Wildman–Crippen LogP) is 2.99. The lowest BCUT2D eigenvalue weighted by atomic mass is 10.1. The third-order valence-electron chi connectivity index (χ3n) is 2.93. The van der Waals surface area contributed by atoms with E-state index in [1.165, 1.54) is 16.5 Å². The minimum Gasteiger partial charge on any atom is -0.370 e. The van der Waals surface area contributed by atoms with Crippen LogP contribution in [0.4, 0.5) is 0 Å². The van der Waals surface area contributed by atoms with E-state index < -0.39 is 0 Å². The summed E-state index contributed by atoms with van der Waals surface area (Å²) in [6.45, 7) is 0. The smallest absolute Gasteiger partial charge is 0.142 e. The van der Waals surface area contributed by atoms with Crippen LogP contribution in [-0.2, 0) is 7.05 Å². The first-order valence-electron chi connectivity index (χ1n) is 4.93. The Labute approximate surface area is 93.1 Å². The highest BCUT2D eigenvalue weighted by atomic mass is 35.5. The number of nitrogens with one attached hydrogen (secondary N) is 1. The fourth-order valence-corrected chi connectivity index (χ4v) is 2.56. The summed E-state index contributed by atoms with van der Waals surface area (Å²) >= 11 is 6.24. The van der Waals surface area contributed by atoms with E-state index in [4.69, 9.17) is 11.6 Å². The van der Waals surface area contributed by atoms with Crippen molar-refractivity contribution in [2.24, 2.45) is 7.05 Å². The van der Waals surface area contributed by atoms with E-state index in [0.717, 1.165) is 5.69 Å². The minimum atomic E-state index is -0.137. The van der Waals surface area contributed by atoms with E-state index in [1.807, 2.05) is 12.3 Å². The lowest BCUT2D eigenvalue weighted by Crippen LogP contribution is -2.16. The molecule has 0 saturated carbocycles. The molecule has 3 rings (SSSR count). The summed E-state index contributed by atoms with van der Waals surface area (Å²) in [5.41, 5.74) is 3.45. The summed E-state index contributed by atoms with van der Waals surface area (Å²) in [4.78, 5) is 0. The zero-order valence-electron chi connectivity index (χ0n) is 8.37. The molecule has 1 unspecified atom stereocenters. The molecule has 2 heterocycles. The van der Waals surface area contributed by atoms with Gasteiger partial charge in [0.2, 0.25) is 0 Å². The van der Waals surface area contributed by atoms with Crippen molar-refractivity contribution in [2.75, 3.05) is 0 Å². The maximum Gasteiger partial charge on any atom is 0.142 e. The van der Waals surface area contributed by atoms with Crippen LogP contribution in [-0.4, -0.2) is 4.57 Å². The summed E-state index contributed by atoms with van der Waals surface area (Å²) in [7, 11) is 2.05. The van der Waals surface area contributed by atoms with Crippen LogP contribution in [0.1, 0.15) is 16.8 Å². The van der Waals surface area contributed by atoms with Crippen molar-refractivity contribution in [3.05, 3.63) is 41.7 Å². The summed E-state index contributed by atoms with van der Waals surface area (Å²) in [6.07, 6.45) is 3.99. The van der Waals surface area contributed by atoms with Crippen molar-refractivity contribution in [1.82, 2.24) is 9.88 Å². The van der Waals surface area contributed by atoms with Crippen LogP contribution in [0, 0.1) is 0 Å². The van der Waals surface area contributed by atoms with E-state index in [-0.39, 0.29) is 5.50 Å². The molecule has 1 atom stereocenters. The quantitative estimate of drug-likeness (QED) is 0.532. The highest BCUT2D eigenvalue weighted by Gasteiger charge is 2.21. The SMILES string of the molecule is Cn1c2c(c3ccccc31)C=CNC2Cl. The molecule has 1 aliphatic rings. The largest absolute Gasteiger partial charge is 0.370 e. The van der Waals surface area contributed by atoms with Gasteiger partial charge in [0.15, 0.2) is 0 Å². The van der Waals surface area contributed by atoms with Gasteiger partial charge >= 0.3 is 0 Å². The number of halogens is 1. The molecule has 2 nitrogen and oxygen atoms in total. The molecule has 0 spiro atoms. The molecule has 1 aromatic carbocycles. The highest BCUT2D eigenvalue weighted by molar-refractivity contribution is 6.21. The third-order valence-corrected chi connectivity index (χ3v) is 3.26. The average molecular weight is 219 g/mol. The van der Waals surface area contributed by atoms with Crippen molar-refractivity contribution in [3.63, 3.8) is 0 Å². The van der Waals surface area contributed by atoms with Crippen LogP contribution in [0.25, 0.3) is 17.0 Å². The first-order chi connectivity index (χ1) is 7.29. The molecule has 0 fully saturated rings. The molecule has 0 aliphatic carbocycles. The molecule has 15 heavy (non-hydrogen) atoms. The van der Waals surface area contributed by atoms with Crippen molar-refractivity contribution in [3.8, 4) is 0 Å². The van der Waals surface area contributed by atoms with E-state index in [9.17, 15) is 0 Å². The number of aryl methyl sites for hydroxylation is 1. The topological polar surface area (TPSA) is 17.0 Å². The summed E-state index contributed by atoms with van der Waals surface area (Å²) in [5, 5.41) is 4.37. The number of para-hydroxylation sites is 1. The fraction of sp³-hybridized carbons (Fsp3) is 0.167. The number of rotatable bonds is 0. The van der Waals surface area contributed by atoms with Crippen LogP contribution >= 0.6 is 11.6 Å². The molecule has 2 aromatic rings. The van der Waals surface area contributed by atoms with Crippen LogP contribution in [0.2, 0.25) is 0 Å². The predicted molar refractivity (Wildman–Crippen MR) is 63.7 cm³/mol. The molecule has 3 heteroatoms. The van der Waals surface area contributed by atoms with Gasteiger partial charge in [-0.15, -0.1) is 0 Å². The minimum absolute atomic E-state index is 0.137. The second kappa shape index (κ2) is 3.04. The lowest BCUT2D eigenvalue weighted by molar-refractivity contribution is 0.739. The summed E-state index contributed by atoms with van der Waals surface area (Å²) in [6, 6.07) is 8.36. The van der Waals surface area contributed by atoms with Gasteiger partial charge < -0.3 is 9.88 Å². The Bertz CT molecular complexity index is 554. The molecular formula is C12H11ClN2. The lowest BCUT2D eigenvalue weighted by Gasteiger charge is -2.16. The van der Waals surface area contributed by atoms with Gasteiger partial charge in [0.1, 0.15) is 5.50 Å². The second-order valence-electron chi connectivity index (χ2n) is 3.74. The highest BCUT2D eigenvalue weighted by Crippen LogP contribution is 2.34. The summed E-state index contributed by atoms with van der Waals surface area (Å²) < 4.78 is 2.15. The Hall–Kier alpha value is -1.41. The van der Waals surface area contributed by atoms with Crippen molar-refractivity contribution >= 4 is 28.6 Å². The van der Waals surface area contributed by atoms with E-state index in [1.54, 1.807) is 0 Å². The Balaban J connectivity index is 2.46. The first-order valence-corrected chi connectivity index (χ1v) is 5.36. The van der Waals surface area contributed by atoms with Crippen molar-refractivity contribution in [2.45, 2.75) is 5.50 Å². The molecule has 0 amide bonds. The van der Waals surface area contributed by atoms with Crippen molar-refractivity contribution in [1.29, 1.82) is 0 Å². The molecule has 1 aromatic heterocycles. The molecule has 0 bridgehead atoms. The number of hydrogen-bond donors (Lipinski definition) is 1. The molecule has 1 aliphatic heterocycles. The average Bonchev–Trinajstić information content (AvgIpc) is 2.55. The third kappa shape index (κ3) is 1.11. The Morgan fingerprint density at radius 1 is 1.33 bits per heavy atom. The van der Waals surface area contributed by atoms with Crippen LogP contribution < -0.4 is 5.32 Å². The van der Waals surface area contributed by atoms with Crippen LogP contribution in [0.5, 0.6) is 0 Å². The molecular weight excluding hydrogens is 208 g/mol. The van der Waals surface area contributed by atoms with Gasteiger partial charge in [0, 0.05) is 23.5 Å². The summed E-state index contributed by atoms with van der Waals surface area (Å²) in [5.74, 6) is 0. The molecule has 0 saturated heterocycles. The Morgan fingerprint density at radius 3 is 3.00 bits per heavy atom. The van der Waals surface area contributed by atoms with E-state index in [0.29, 0.717) is 0 Å². The number of aromatic nitrogens is 1. The first kappa shape index (κ1) is 8.86. The van der Waals surface area contributed by atoms with E-state index >= 15 is 0 Å². The normalized spacial score (nSPS) is 18.9. The van der Waals surface area contributed by atoms with Crippen molar-refractivity contribution < 1.29 is 0 Å². The maximum absolute atomic E-state index is 6.24. The van der Waals surface area contributed by atoms with Gasteiger partial charge in [-0.05, 0) is 18.3 Å². The Morgan fingerprint density at radius 2 is 2.13 bits per heavy atom. The van der Waals surface area contributed by atoms with Crippen LogP contribution in [0.3, 0.4) is 0 Å². The fourth-order valence-electron chi connectivity index (χ4n) is 2.22. The molecule has 1 N–H and O–H groups in total. The zero-order valence-corrected chi connectivity index (χ0v) is 9.12. The Kier molecular flexibility index (Phi) is 1.80. The van der Waals surface area contributed by atoms with Gasteiger partial charge in [-0.2, -0.15) is 0 Å². The van der Waals surface area contributed by atoms with Gasteiger partial charge in [-0.3, -0.25) is 0 Å². The van der Waals surface area contributed by atoms with Gasteiger partial charge in [0.25, 0.3) is 0 Å². The number of nitrogens with zero attached hydrogens (tertiary/aromatic N) is 1. The zero-order chi connectivity index (χ0) is 10.4. The van der Waals surface area contributed by atoms with Gasteiger partial charge in [-0.25, -0.2) is 0 Å². The number of fused-ring (bicyclic) bond motifs is 3. The van der Waals surface area contributed by atoms with Crippen LogP contribution in [0.15, 0.2) is 30.5 Å². The van der Waals surface area contributed by atoms with E-state index in [2.05, 4.69) is 41.2 Å². The molecule has 76 valence electrons. The standard InChI is InChI=1S/C12H11ClN2/c1-15-10-5-3-2-4-8(10)9-6-7-14-12(13)11(9)15/h2-7,12,14H,1H3. The number of benzene rings is 1. The molecule has 0 radical (unpaired) electrons. The monoisotopic (exact) mass is 218 g/mol. The van der Waals surface area contributed by atoms with Gasteiger partial charge in [0.05, 0.1) is 5.69 Å². The number of alkyl halides is 1. The van der Waals surface area contributed by atoms with Gasteiger partial charge in [-0.1, -0.05) is 29.8 Å². The second-order valence-corrected chi connectivity index (χ2v) is 4.17.